The Kier molecular flexibility index (Phi) is 7.21. The average Bonchev–Trinajstić information content (AvgIpc) is 2.18. The first kappa shape index (κ1) is 13.2. The minimum atomic E-state index is 0.177. The fourth-order valence-electron chi connectivity index (χ4n) is 0.987. The van der Waals surface area contributed by atoms with Crippen LogP contribution in [0.15, 0.2) is 24.3 Å². The Balaban J connectivity index is 0.000000791. The van der Waals surface area contributed by atoms with E-state index in [1.165, 1.54) is 22.9 Å². The van der Waals surface area contributed by atoms with Gasteiger partial charge in [-0.05, 0) is 12.5 Å². The number of hydrogen-bond donors (Lipinski definition) is 0. The third-order valence-electron chi connectivity index (χ3n) is 1.52. The number of carbonyl (C=O) groups is 1. The van der Waals surface area contributed by atoms with Gasteiger partial charge in [0.25, 0.3) is 0 Å². The number of thioether (sulfide) groups is 1. The van der Waals surface area contributed by atoms with Crippen molar-refractivity contribution in [2.24, 2.45) is 0 Å². The van der Waals surface area contributed by atoms with Crippen LogP contribution in [-0.2, 0) is 10.5 Å². The van der Waals surface area contributed by atoms with Gasteiger partial charge in [0.15, 0.2) is 5.12 Å². The molecule has 0 spiro atoms. The van der Waals surface area contributed by atoms with E-state index in [2.05, 4.69) is 19.1 Å². The molecule has 0 bridgehead atoms. The van der Waals surface area contributed by atoms with Crippen LogP contribution in [0.1, 0.15) is 31.9 Å². The van der Waals surface area contributed by atoms with E-state index in [4.69, 9.17) is 0 Å². The molecule has 0 amide bonds. The summed E-state index contributed by atoms with van der Waals surface area (Å²) in [5.41, 5.74) is 2.46. The molecule has 0 N–H and O–H groups in total. The van der Waals surface area contributed by atoms with Crippen molar-refractivity contribution in [1.82, 2.24) is 0 Å². The van der Waals surface area contributed by atoms with Crippen LogP contribution in [0.2, 0.25) is 0 Å². The molecular formula is C12H18OS. The lowest BCUT2D eigenvalue weighted by atomic mass is 10.2. The molecule has 0 heterocycles. The number of benzene rings is 1. The van der Waals surface area contributed by atoms with Crippen LogP contribution in [0.5, 0.6) is 0 Å². The molecule has 1 nitrogen and oxygen atoms in total. The lowest BCUT2D eigenvalue weighted by Gasteiger charge is -1.99. The monoisotopic (exact) mass is 210 g/mol. The molecule has 0 aromatic heterocycles. The number of hydrogen-bond acceptors (Lipinski definition) is 2. The molecule has 14 heavy (non-hydrogen) atoms. The summed E-state index contributed by atoms with van der Waals surface area (Å²) in [4.78, 5) is 10.7. The van der Waals surface area contributed by atoms with E-state index < -0.39 is 0 Å². The van der Waals surface area contributed by atoms with Gasteiger partial charge in [0.05, 0.1) is 0 Å². The quantitative estimate of drug-likeness (QED) is 0.738. The predicted molar refractivity (Wildman–Crippen MR) is 64.5 cm³/mol. The first-order valence-electron chi connectivity index (χ1n) is 4.87. The van der Waals surface area contributed by atoms with Crippen LogP contribution in [0.3, 0.4) is 0 Å². The van der Waals surface area contributed by atoms with Gasteiger partial charge in [-0.3, -0.25) is 4.79 Å². The topological polar surface area (TPSA) is 17.1 Å². The van der Waals surface area contributed by atoms with Gasteiger partial charge in [-0.1, -0.05) is 55.4 Å². The Morgan fingerprint density at radius 3 is 2.50 bits per heavy atom. The number of rotatable bonds is 2. The van der Waals surface area contributed by atoms with E-state index in [-0.39, 0.29) is 5.12 Å². The van der Waals surface area contributed by atoms with Gasteiger partial charge in [0.2, 0.25) is 0 Å². The SMILES string of the molecule is CC.CC(=O)SCc1cccc(C)c1. The first-order valence-corrected chi connectivity index (χ1v) is 5.86. The van der Waals surface area contributed by atoms with Crippen molar-refractivity contribution in [1.29, 1.82) is 0 Å². The molecule has 0 aliphatic carbocycles. The van der Waals surface area contributed by atoms with Crippen molar-refractivity contribution in [3.05, 3.63) is 35.4 Å². The maximum atomic E-state index is 10.7. The van der Waals surface area contributed by atoms with E-state index >= 15 is 0 Å². The fraction of sp³-hybridized carbons (Fsp3) is 0.417. The Morgan fingerprint density at radius 2 is 2.00 bits per heavy atom. The smallest absolute Gasteiger partial charge is 0.186 e. The second kappa shape index (κ2) is 7.63. The molecule has 1 aromatic rings. The van der Waals surface area contributed by atoms with Gasteiger partial charge in [0, 0.05) is 12.7 Å². The van der Waals surface area contributed by atoms with Gasteiger partial charge in [-0.15, -0.1) is 0 Å². The molecule has 1 rings (SSSR count). The molecule has 0 radical (unpaired) electrons. The van der Waals surface area contributed by atoms with Crippen molar-refractivity contribution in [2.75, 3.05) is 0 Å². The molecule has 0 aliphatic heterocycles. The molecule has 0 fully saturated rings. The fourth-order valence-corrected chi connectivity index (χ4v) is 1.54. The molecule has 0 saturated carbocycles. The Hall–Kier alpha value is -0.760. The number of aryl methyl sites for hydroxylation is 1. The van der Waals surface area contributed by atoms with Crippen LogP contribution in [-0.4, -0.2) is 5.12 Å². The zero-order valence-electron chi connectivity index (χ0n) is 9.33. The summed E-state index contributed by atoms with van der Waals surface area (Å²) in [6, 6.07) is 8.23. The van der Waals surface area contributed by atoms with E-state index in [0.717, 1.165) is 5.75 Å². The second-order valence-corrected chi connectivity index (χ2v) is 3.92. The Labute approximate surface area is 90.9 Å². The largest absolute Gasteiger partial charge is 0.288 e. The molecule has 2 heteroatoms. The van der Waals surface area contributed by atoms with E-state index in [1.54, 1.807) is 6.92 Å². The molecule has 0 unspecified atom stereocenters. The summed E-state index contributed by atoms with van der Waals surface area (Å²) in [5, 5.41) is 0.177. The molecular weight excluding hydrogens is 192 g/mol. The van der Waals surface area contributed by atoms with Gasteiger partial charge >= 0.3 is 0 Å². The van der Waals surface area contributed by atoms with Crippen LogP contribution in [0, 0.1) is 6.92 Å². The maximum Gasteiger partial charge on any atom is 0.186 e. The summed E-state index contributed by atoms with van der Waals surface area (Å²) in [6.07, 6.45) is 0. The maximum absolute atomic E-state index is 10.7. The van der Waals surface area contributed by atoms with Gasteiger partial charge < -0.3 is 0 Å². The van der Waals surface area contributed by atoms with Crippen molar-refractivity contribution in [2.45, 2.75) is 33.4 Å². The average molecular weight is 210 g/mol. The van der Waals surface area contributed by atoms with Crippen LogP contribution in [0.25, 0.3) is 0 Å². The first-order chi connectivity index (χ1) is 6.68. The molecule has 0 saturated heterocycles. The van der Waals surface area contributed by atoms with Crippen molar-refractivity contribution in [3.63, 3.8) is 0 Å². The molecule has 1 aromatic carbocycles. The van der Waals surface area contributed by atoms with Crippen molar-refractivity contribution >= 4 is 16.9 Å². The lowest BCUT2D eigenvalue weighted by molar-refractivity contribution is -0.109. The number of carbonyl (C=O) groups excluding carboxylic acids is 1. The second-order valence-electron chi connectivity index (χ2n) is 2.77. The highest BCUT2D eigenvalue weighted by Gasteiger charge is 1.96. The van der Waals surface area contributed by atoms with Gasteiger partial charge in [-0.2, -0.15) is 0 Å². The third kappa shape index (κ3) is 5.81. The Morgan fingerprint density at radius 1 is 1.36 bits per heavy atom. The summed E-state index contributed by atoms with van der Waals surface area (Å²) < 4.78 is 0. The minimum Gasteiger partial charge on any atom is -0.288 e. The highest BCUT2D eigenvalue weighted by atomic mass is 32.2. The summed E-state index contributed by atoms with van der Waals surface area (Å²) in [6.45, 7) is 7.66. The predicted octanol–water partition coefficient (Wildman–Crippen LogP) is 3.80. The minimum absolute atomic E-state index is 0.177. The third-order valence-corrected chi connectivity index (χ3v) is 2.41. The van der Waals surface area contributed by atoms with Crippen LogP contribution >= 0.6 is 11.8 Å². The zero-order valence-corrected chi connectivity index (χ0v) is 10.1. The standard InChI is InChI=1S/C10H12OS.C2H6/c1-8-4-3-5-10(6-8)7-12-9(2)11;1-2/h3-6H,7H2,1-2H3;1-2H3. The van der Waals surface area contributed by atoms with E-state index in [0.29, 0.717) is 0 Å². The molecule has 0 aliphatic rings. The van der Waals surface area contributed by atoms with E-state index in [9.17, 15) is 4.79 Å². The Bertz CT molecular complexity index is 281. The van der Waals surface area contributed by atoms with Gasteiger partial charge in [-0.25, -0.2) is 0 Å². The molecule has 78 valence electrons. The highest BCUT2D eigenvalue weighted by molar-refractivity contribution is 8.12. The highest BCUT2D eigenvalue weighted by Crippen LogP contribution is 2.13. The van der Waals surface area contributed by atoms with Crippen LogP contribution in [0.4, 0.5) is 0 Å². The lowest BCUT2D eigenvalue weighted by Crippen LogP contribution is -1.85. The molecule has 0 atom stereocenters. The zero-order chi connectivity index (χ0) is 11.0. The van der Waals surface area contributed by atoms with Crippen molar-refractivity contribution < 1.29 is 4.79 Å². The summed E-state index contributed by atoms with van der Waals surface area (Å²) >= 11 is 1.35. The normalized spacial score (nSPS) is 8.86. The summed E-state index contributed by atoms with van der Waals surface area (Å²) in [7, 11) is 0. The van der Waals surface area contributed by atoms with Gasteiger partial charge in [0.1, 0.15) is 0 Å². The van der Waals surface area contributed by atoms with Crippen LogP contribution < -0.4 is 0 Å². The summed E-state index contributed by atoms with van der Waals surface area (Å²) in [5.74, 6) is 0.789. The van der Waals surface area contributed by atoms with E-state index in [1.807, 2.05) is 26.0 Å². The van der Waals surface area contributed by atoms with Crippen molar-refractivity contribution in [3.8, 4) is 0 Å².